The van der Waals surface area contributed by atoms with Crippen LogP contribution in [0.15, 0.2) is 42.5 Å². The molecule has 0 saturated carbocycles. The molecule has 20 heavy (non-hydrogen) atoms. The number of rotatable bonds is 4. The molecule has 0 N–H and O–H groups in total. The highest BCUT2D eigenvalue weighted by atomic mass is 16.5. The van der Waals surface area contributed by atoms with Gasteiger partial charge in [0.15, 0.2) is 5.78 Å². The Balaban J connectivity index is 1.90. The van der Waals surface area contributed by atoms with E-state index in [1.54, 1.807) is 0 Å². The van der Waals surface area contributed by atoms with E-state index in [2.05, 4.69) is 13.0 Å². The summed E-state index contributed by atoms with van der Waals surface area (Å²) < 4.78 is 5.48. The van der Waals surface area contributed by atoms with E-state index in [1.807, 2.05) is 36.4 Å². The predicted molar refractivity (Wildman–Crippen MR) is 79.5 cm³/mol. The third-order valence-corrected chi connectivity index (χ3v) is 3.68. The van der Waals surface area contributed by atoms with Gasteiger partial charge in [-0.05, 0) is 41.8 Å². The molecule has 2 nitrogen and oxygen atoms in total. The van der Waals surface area contributed by atoms with E-state index in [9.17, 15) is 4.79 Å². The lowest BCUT2D eigenvalue weighted by Gasteiger charge is -2.06. The highest BCUT2D eigenvalue weighted by molar-refractivity contribution is 6.09. The van der Waals surface area contributed by atoms with Gasteiger partial charge in [0.25, 0.3) is 0 Å². The van der Waals surface area contributed by atoms with Crippen molar-refractivity contribution < 1.29 is 9.53 Å². The van der Waals surface area contributed by atoms with Gasteiger partial charge in [0.2, 0.25) is 0 Å². The second-order valence-corrected chi connectivity index (χ2v) is 5.20. The lowest BCUT2D eigenvalue weighted by atomic mass is 9.98. The maximum atomic E-state index is 12.6. The number of aryl methyl sites for hydroxylation is 1. The molecule has 0 bridgehead atoms. The number of hydrogen-bond donors (Lipinski definition) is 0. The Hall–Kier alpha value is -2.09. The zero-order chi connectivity index (χ0) is 13.9. The van der Waals surface area contributed by atoms with E-state index in [1.165, 1.54) is 5.56 Å². The molecular weight excluding hydrogens is 248 g/mol. The van der Waals surface area contributed by atoms with Crippen LogP contribution < -0.4 is 4.74 Å². The number of carbonyl (C=O) groups excluding carboxylic acids is 1. The lowest BCUT2D eigenvalue weighted by Crippen LogP contribution is -2.02. The molecule has 0 aliphatic carbocycles. The Kier molecular flexibility index (Phi) is 3.55. The number of ether oxygens (including phenoxy) is 1. The number of benzene rings is 2. The van der Waals surface area contributed by atoms with Crippen molar-refractivity contribution in [2.75, 3.05) is 6.61 Å². The Morgan fingerprint density at radius 1 is 1.15 bits per heavy atom. The summed E-state index contributed by atoms with van der Waals surface area (Å²) in [6.45, 7) is 2.87. The van der Waals surface area contributed by atoms with Gasteiger partial charge in [0.05, 0.1) is 6.61 Å². The molecule has 1 heterocycles. The van der Waals surface area contributed by atoms with E-state index < -0.39 is 0 Å². The first kappa shape index (κ1) is 12.9. The number of hydrogen-bond acceptors (Lipinski definition) is 2. The molecular formula is C18H18O2. The van der Waals surface area contributed by atoms with Crippen molar-refractivity contribution >= 4 is 5.78 Å². The topological polar surface area (TPSA) is 26.3 Å². The maximum Gasteiger partial charge on any atom is 0.193 e. The zero-order valence-electron chi connectivity index (χ0n) is 11.7. The van der Waals surface area contributed by atoms with Gasteiger partial charge in [-0.15, -0.1) is 0 Å². The minimum absolute atomic E-state index is 0.0950. The highest BCUT2D eigenvalue weighted by Gasteiger charge is 2.16. The fraction of sp³-hybridized carbons (Fsp3) is 0.278. The van der Waals surface area contributed by atoms with Crippen LogP contribution in [0.2, 0.25) is 0 Å². The molecule has 2 heteroatoms. The van der Waals surface area contributed by atoms with Crippen LogP contribution in [-0.2, 0) is 12.8 Å². The second-order valence-electron chi connectivity index (χ2n) is 5.20. The van der Waals surface area contributed by atoms with Crippen molar-refractivity contribution in [3.8, 4) is 5.75 Å². The minimum Gasteiger partial charge on any atom is -0.493 e. The molecule has 0 aromatic heterocycles. The number of ketones is 1. The zero-order valence-corrected chi connectivity index (χ0v) is 11.7. The molecule has 1 aliphatic rings. The fourth-order valence-electron chi connectivity index (χ4n) is 2.65. The maximum absolute atomic E-state index is 12.6. The quantitative estimate of drug-likeness (QED) is 0.787. The van der Waals surface area contributed by atoms with Crippen LogP contribution in [0.3, 0.4) is 0 Å². The summed E-state index contributed by atoms with van der Waals surface area (Å²) in [7, 11) is 0. The average molecular weight is 266 g/mol. The number of fused-ring (bicyclic) bond motifs is 1. The van der Waals surface area contributed by atoms with Crippen molar-refractivity contribution in [3.63, 3.8) is 0 Å². The molecule has 2 aromatic rings. The molecule has 0 amide bonds. The van der Waals surface area contributed by atoms with E-state index in [4.69, 9.17) is 4.74 Å². The fourth-order valence-corrected chi connectivity index (χ4v) is 2.65. The van der Waals surface area contributed by atoms with Gasteiger partial charge in [-0.2, -0.15) is 0 Å². The van der Waals surface area contributed by atoms with Crippen molar-refractivity contribution in [2.24, 2.45) is 0 Å². The first-order valence-corrected chi connectivity index (χ1v) is 7.17. The van der Waals surface area contributed by atoms with Crippen LogP contribution in [-0.4, -0.2) is 12.4 Å². The Bertz CT molecular complexity index is 644. The van der Waals surface area contributed by atoms with Gasteiger partial charge < -0.3 is 4.74 Å². The first-order valence-electron chi connectivity index (χ1n) is 7.17. The van der Waals surface area contributed by atoms with Crippen LogP contribution in [0.25, 0.3) is 0 Å². The minimum atomic E-state index is 0.0950. The van der Waals surface area contributed by atoms with Crippen molar-refractivity contribution in [3.05, 3.63) is 64.7 Å². The van der Waals surface area contributed by atoms with Gasteiger partial charge in [0.1, 0.15) is 5.75 Å². The van der Waals surface area contributed by atoms with Gasteiger partial charge in [0, 0.05) is 17.5 Å². The molecule has 0 atom stereocenters. The highest BCUT2D eigenvalue weighted by Crippen LogP contribution is 2.26. The Morgan fingerprint density at radius 2 is 2.00 bits per heavy atom. The van der Waals surface area contributed by atoms with E-state index >= 15 is 0 Å². The van der Waals surface area contributed by atoms with E-state index in [0.29, 0.717) is 0 Å². The van der Waals surface area contributed by atoms with Crippen LogP contribution in [0.4, 0.5) is 0 Å². The van der Waals surface area contributed by atoms with Gasteiger partial charge >= 0.3 is 0 Å². The molecule has 2 aromatic carbocycles. The third kappa shape index (κ3) is 2.46. The van der Waals surface area contributed by atoms with Gasteiger partial charge in [-0.25, -0.2) is 0 Å². The van der Waals surface area contributed by atoms with Gasteiger partial charge in [-0.3, -0.25) is 4.79 Å². The summed E-state index contributed by atoms with van der Waals surface area (Å²) in [5.74, 6) is 1.01. The summed E-state index contributed by atoms with van der Waals surface area (Å²) in [5.41, 5.74) is 3.89. The normalized spacial score (nSPS) is 12.8. The molecule has 0 radical (unpaired) electrons. The smallest absolute Gasteiger partial charge is 0.193 e. The molecule has 1 aliphatic heterocycles. The number of carbonyl (C=O) groups is 1. The lowest BCUT2D eigenvalue weighted by molar-refractivity contribution is 0.103. The van der Waals surface area contributed by atoms with Crippen molar-refractivity contribution in [2.45, 2.75) is 26.2 Å². The molecule has 0 unspecified atom stereocenters. The molecule has 3 rings (SSSR count). The summed E-state index contributed by atoms with van der Waals surface area (Å²) in [4.78, 5) is 12.6. The summed E-state index contributed by atoms with van der Waals surface area (Å²) in [6, 6.07) is 13.7. The summed E-state index contributed by atoms with van der Waals surface area (Å²) >= 11 is 0. The summed E-state index contributed by atoms with van der Waals surface area (Å²) in [5, 5.41) is 0. The summed E-state index contributed by atoms with van der Waals surface area (Å²) in [6.07, 6.45) is 3.00. The largest absolute Gasteiger partial charge is 0.493 e. The SMILES string of the molecule is CCCc1cccc(C(=O)c2ccc3c(c2)CCO3)c1. The standard InChI is InChI=1S/C18H18O2/c1-2-4-13-5-3-6-15(11-13)18(19)16-7-8-17-14(12-16)9-10-20-17/h3,5-8,11-12H,2,4,9-10H2,1H3. The Labute approximate surface area is 119 Å². The van der Waals surface area contributed by atoms with Crippen LogP contribution >= 0.6 is 0 Å². The third-order valence-electron chi connectivity index (χ3n) is 3.68. The van der Waals surface area contributed by atoms with Crippen LogP contribution in [0, 0.1) is 0 Å². The monoisotopic (exact) mass is 266 g/mol. The van der Waals surface area contributed by atoms with Crippen molar-refractivity contribution in [1.82, 2.24) is 0 Å². The van der Waals surface area contributed by atoms with E-state index in [-0.39, 0.29) is 5.78 Å². The van der Waals surface area contributed by atoms with Crippen LogP contribution in [0.5, 0.6) is 5.75 Å². The van der Waals surface area contributed by atoms with Crippen LogP contribution in [0.1, 0.15) is 40.4 Å². The molecule has 0 saturated heterocycles. The van der Waals surface area contributed by atoms with E-state index in [0.717, 1.165) is 48.3 Å². The molecule has 0 fully saturated rings. The molecule has 0 spiro atoms. The average Bonchev–Trinajstić information content (AvgIpc) is 2.94. The van der Waals surface area contributed by atoms with Gasteiger partial charge in [-0.1, -0.05) is 31.5 Å². The Morgan fingerprint density at radius 3 is 2.85 bits per heavy atom. The second kappa shape index (κ2) is 5.49. The van der Waals surface area contributed by atoms with Crippen molar-refractivity contribution in [1.29, 1.82) is 0 Å². The predicted octanol–water partition coefficient (Wildman–Crippen LogP) is 3.81. The molecule has 102 valence electrons. The first-order chi connectivity index (χ1) is 9.78.